The Morgan fingerprint density at radius 2 is 1.72 bits per heavy atom. The maximum Gasteiger partial charge on any atom is 0.259 e. The van der Waals surface area contributed by atoms with Gasteiger partial charge in [-0.25, -0.2) is 0 Å². The average Bonchev–Trinajstić information content (AvgIpc) is 2.38. The Morgan fingerprint density at radius 1 is 1.11 bits per heavy atom. The zero-order valence-corrected chi connectivity index (χ0v) is 10.6. The van der Waals surface area contributed by atoms with E-state index in [1.165, 1.54) is 17.0 Å². The van der Waals surface area contributed by atoms with Crippen LogP contribution in [0.2, 0.25) is 5.02 Å². The molecule has 1 N–H and O–H groups in total. The van der Waals surface area contributed by atoms with E-state index in [1.54, 1.807) is 43.4 Å². The van der Waals surface area contributed by atoms with Crippen molar-refractivity contribution in [2.24, 2.45) is 0 Å². The van der Waals surface area contributed by atoms with Crippen molar-refractivity contribution in [2.45, 2.75) is 0 Å². The van der Waals surface area contributed by atoms with E-state index in [0.29, 0.717) is 16.3 Å². The lowest BCUT2D eigenvalue weighted by Gasteiger charge is -2.18. The summed E-state index contributed by atoms with van der Waals surface area (Å²) in [6.07, 6.45) is 0. The number of anilines is 1. The molecule has 3 nitrogen and oxygen atoms in total. The van der Waals surface area contributed by atoms with Gasteiger partial charge in [0.05, 0.1) is 10.6 Å². The number of nitrogens with zero attached hydrogens (tertiary/aromatic N) is 1. The number of amides is 1. The van der Waals surface area contributed by atoms with Crippen molar-refractivity contribution in [3.8, 4) is 5.75 Å². The molecular weight excluding hydrogens is 250 g/mol. The molecule has 18 heavy (non-hydrogen) atoms. The molecule has 0 aliphatic heterocycles. The van der Waals surface area contributed by atoms with E-state index in [4.69, 9.17) is 11.6 Å². The Morgan fingerprint density at radius 3 is 2.33 bits per heavy atom. The summed E-state index contributed by atoms with van der Waals surface area (Å²) < 4.78 is 0. The molecule has 0 unspecified atom stereocenters. The van der Waals surface area contributed by atoms with Gasteiger partial charge in [0.25, 0.3) is 5.91 Å². The van der Waals surface area contributed by atoms with Gasteiger partial charge >= 0.3 is 0 Å². The first kappa shape index (κ1) is 12.5. The van der Waals surface area contributed by atoms with Crippen molar-refractivity contribution < 1.29 is 9.90 Å². The van der Waals surface area contributed by atoms with Gasteiger partial charge in [-0.05, 0) is 36.4 Å². The number of phenols is 1. The lowest BCUT2D eigenvalue weighted by molar-refractivity contribution is 0.0993. The van der Waals surface area contributed by atoms with E-state index in [2.05, 4.69) is 0 Å². The van der Waals surface area contributed by atoms with E-state index in [-0.39, 0.29) is 11.7 Å². The first-order chi connectivity index (χ1) is 8.59. The first-order valence-electron chi connectivity index (χ1n) is 5.41. The third kappa shape index (κ3) is 2.46. The highest BCUT2D eigenvalue weighted by Gasteiger charge is 2.15. The third-order valence-corrected chi connectivity index (χ3v) is 2.98. The SMILES string of the molecule is CN(C(=O)c1ccccc1Cl)c1ccc(O)cc1. The maximum atomic E-state index is 12.2. The van der Waals surface area contributed by atoms with Gasteiger partial charge in [0.1, 0.15) is 5.75 Å². The van der Waals surface area contributed by atoms with Crippen molar-refractivity contribution in [2.75, 3.05) is 11.9 Å². The number of aromatic hydroxyl groups is 1. The Kier molecular flexibility index (Phi) is 3.53. The van der Waals surface area contributed by atoms with Gasteiger partial charge in [-0.1, -0.05) is 23.7 Å². The second kappa shape index (κ2) is 5.10. The topological polar surface area (TPSA) is 40.5 Å². The van der Waals surface area contributed by atoms with Crippen LogP contribution in [0.4, 0.5) is 5.69 Å². The minimum Gasteiger partial charge on any atom is -0.508 e. The Hall–Kier alpha value is -2.00. The van der Waals surface area contributed by atoms with Gasteiger partial charge in [0, 0.05) is 12.7 Å². The van der Waals surface area contributed by atoms with Crippen LogP contribution in [-0.2, 0) is 0 Å². The lowest BCUT2D eigenvalue weighted by Crippen LogP contribution is -2.26. The number of hydrogen-bond acceptors (Lipinski definition) is 2. The smallest absolute Gasteiger partial charge is 0.259 e. The molecule has 1 amide bonds. The molecule has 0 atom stereocenters. The third-order valence-electron chi connectivity index (χ3n) is 2.65. The Labute approximate surface area is 110 Å². The van der Waals surface area contributed by atoms with Crippen LogP contribution in [0.25, 0.3) is 0 Å². The van der Waals surface area contributed by atoms with E-state index in [0.717, 1.165) is 0 Å². The van der Waals surface area contributed by atoms with Crippen LogP contribution < -0.4 is 4.90 Å². The molecule has 0 aliphatic rings. The van der Waals surface area contributed by atoms with Crippen LogP contribution >= 0.6 is 11.6 Å². The van der Waals surface area contributed by atoms with Gasteiger partial charge in [-0.15, -0.1) is 0 Å². The van der Waals surface area contributed by atoms with Crippen molar-refractivity contribution >= 4 is 23.2 Å². The Bertz CT molecular complexity index is 566. The molecule has 2 rings (SSSR count). The van der Waals surface area contributed by atoms with Crippen molar-refractivity contribution in [1.29, 1.82) is 0 Å². The number of carbonyl (C=O) groups is 1. The predicted octanol–water partition coefficient (Wildman–Crippen LogP) is 3.32. The number of carbonyl (C=O) groups excluding carboxylic acids is 1. The summed E-state index contributed by atoms with van der Waals surface area (Å²) in [7, 11) is 1.66. The van der Waals surface area contributed by atoms with Crippen LogP contribution in [-0.4, -0.2) is 18.1 Å². The van der Waals surface area contributed by atoms with Crippen molar-refractivity contribution in [1.82, 2.24) is 0 Å². The molecule has 0 radical (unpaired) electrons. The molecule has 92 valence electrons. The van der Waals surface area contributed by atoms with E-state index >= 15 is 0 Å². The average molecular weight is 262 g/mol. The first-order valence-corrected chi connectivity index (χ1v) is 5.79. The largest absolute Gasteiger partial charge is 0.508 e. The molecular formula is C14H12ClNO2. The van der Waals surface area contributed by atoms with E-state index in [9.17, 15) is 9.90 Å². The number of hydrogen-bond donors (Lipinski definition) is 1. The fourth-order valence-corrected chi connectivity index (χ4v) is 1.83. The maximum absolute atomic E-state index is 12.2. The summed E-state index contributed by atoms with van der Waals surface area (Å²) in [5, 5.41) is 9.64. The summed E-state index contributed by atoms with van der Waals surface area (Å²) >= 11 is 5.99. The minimum absolute atomic E-state index is 0.164. The number of benzene rings is 2. The second-order valence-electron chi connectivity index (χ2n) is 3.86. The minimum atomic E-state index is -0.189. The Balaban J connectivity index is 2.29. The van der Waals surface area contributed by atoms with Gasteiger partial charge in [0.2, 0.25) is 0 Å². The van der Waals surface area contributed by atoms with Crippen LogP contribution in [0, 0.1) is 0 Å². The molecule has 4 heteroatoms. The molecule has 0 bridgehead atoms. The molecule has 2 aromatic carbocycles. The molecule has 0 spiro atoms. The van der Waals surface area contributed by atoms with Gasteiger partial charge in [0.15, 0.2) is 0 Å². The zero-order valence-electron chi connectivity index (χ0n) is 9.80. The highest BCUT2D eigenvalue weighted by molar-refractivity contribution is 6.34. The van der Waals surface area contributed by atoms with Crippen LogP contribution in [0.15, 0.2) is 48.5 Å². The highest BCUT2D eigenvalue weighted by atomic mass is 35.5. The van der Waals surface area contributed by atoms with Crippen LogP contribution in [0.1, 0.15) is 10.4 Å². The summed E-state index contributed by atoms with van der Waals surface area (Å²) in [5.74, 6) is -0.0244. The van der Waals surface area contributed by atoms with Gasteiger partial charge in [-0.3, -0.25) is 4.79 Å². The van der Waals surface area contributed by atoms with Crippen LogP contribution in [0.5, 0.6) is 5.75 Å². The second-order valence-corrected chi connectivity index (χ2v) is 4.27. The fraction of sp³-hybridized carbons (Fsp3) is 0.0714. The van der Waals surface area contributed by atoms with Crippen LogP contribution in [0.3, 0.4) is 0 Å². The summed E-state index contributed by atoms with van der Waals surface area (Å²) in [6, 6.07) is 13.3. The number of phenolic OH excluding ortho intramolecular Hbond substituents is 1. The summed E-state index contributed by atoms with van der Waals surface area (Å²) in [5.41, 5.74) is 1.15. The van der Waals surface area contributed by atoms with E-state index in [1.807, 2.05) is 0 Å². The summed E-state index contributed by atoms with van der Waals surface area (Å²) in [4.78, 5) is 13.7. The van der Waals surface area contributed by atoms with Gasteiger partial charge in [-0.2, -0.15) is 0 Å². The number of halogens is 1. The molecule has 0 saturated heterocycles. The predicted molar refractivity (Wildman–Crippen MR) is 72.3 cm³/mol. The standard InChI is InChI=1S/C14H12ClNO2/c1-16(10-6-8-11(17)9-7-10)14(18)12-4-2-3-5-13(12)15/h2-9,17H,1H3. The van der Waals surface area contributed by atoms with Crippen molar-refractivity contribution in [3.63, 3.8) is 0 Å². The molecule has 0 fully saturated rings. The highest BCUT2D eigenvalue weighted by Crippen LogP contribution is 2.22. The molecule has 0 heterocycles. The number of rotatable bonds is 2. The normalized spacial score (nSPS) is 10.1. The fourth-order valence-electron chi connectivity index (χ4n) is 1.61. The zero-order chi connectivity index (χ0) is 13.1. The molecule has 0 saturated carbocycles. The molecule has 2 aromatic rings. The monoisotopic (exact) mass is 261 g/mol. The quantitative estimate of drug-likeness (QED) is 0.901. The summed E-state index contributed by atoms with van der Waals surface area (Å²) in [6.45, 7) is 0. The lowest BCUT2D eigenvalue weighted by atomic mass is 10.2. The molecule has 0 aromatic heterocycles. The van der Waals surface area contributed by atoms with Gasteiger partial charge < -0.3 is 10.0 Å². The van der Waals surface area contributed by atoms with Crippen molar-refractivity contribution in [3.05, 3.63) is 59.1 Å². The molecule has 0 aliphatic carbocycles. The van der Waals surface area contributed by atoms with E-state index < -0.39 is 0 Å².